The zero-order valence-electron chi connectivity index (χ0n) is 14.3. The van der Waals surface area contributed by atoms with Gasteiger partial charge in [-0.05, 0) is 12.8 Å². The minimum absolute atomic E-state index is 0.0127. The SMILES string of the molecule is Cn1c(N2CCCC(C(=O)NCC(F)(F)F)C2)c(C#N)c(=O)n(C)c1=O. The Morgan fingerprint density at radius 3 is 2.54 bits per heavy atom. The highest BCUT2D eigenvalue weighted by Crippen LogP contribution is 2.24. The minimum atomic E-state index is -4.51. The van der Waals surface area contributed by atoms with Crippen LogP contribution in [0.2, 0.25) is 0 Å². The van der Waals surface area contributed by atoms with Crippen LogP contribution in [0.1, 0.15) is 18.4 Å². The van der Waals surface area contributed by atoms with Gasteiger partial charge in [-0.15, -0.1) is 0 Å². The van der Waals surface area contributed by atoms with E-state index in [0.717, 1.165) is 9.13 Å². The molecule has 0 bridgehead atoms. The number of amides is 1. The first kappa shape index (κ1) is 19.6. The summed E-state index contributed by atoms with van der Waals surface area (Å²) in [6.07, 6.45) is -3.66. The van der Waals surface area contributed by atoms with E-state index >= 15 is 0 Å². The van der Waals surface area contributed by atoms with Crippen molar-refractivity contribution in [2.45, 2.75) is 19.0 Å². The molecule has 2 heterocycles. The zero-order valence-corrected chi connectivity index (χ0v) is 14.3. The molecule has 1 saturated heterocycles. The normalized spacial score (nSPS) is 17.7. The van der Waals surface area contributed by atoms with Crippen LogP contribution in [0.25, 0.3) is 0 Å². The molecule has 1 aliphatic rings. The first-order chi connectivity index (χ1) is 12.1. The van der Waals surface area contributed by atoms with Crippen LogP contribution in [-0.4, -0.2) is 40.9 Å². The summed E-state index contributed by atoms with van der Waals surface area (Å²) in [5.74, 6) is -1.41. The van der Waals surface area contributed by atoms with Gasteiger partial charge in [-0.3, -0.25) is 18.7 Å². The summed E-state index contributed by atoms with van der Waals surface area (Å²) in [6.45, 7) is -1.03. The predicted molar refractivity (Wildman–Crippen MR) is 85.6 cm³/mol. The Morgan fingerprint density at radius 2 is 1.96 bits per heavy atom. The van der Waals surface area contributed by atoms with E-state index in [1.165, 1.54) is 19.0 Å². The highest BCUT2D eigenvalue weighted by Gasteiger charge is 2.33. The van der Waals surface area contributed by atoms with Crippen molar-refractivity contribution in [3.8, 4) is 6.07 Å². The number of hydrogen-bond donors (Lipinski definition) is 1. The highest BCUT2D eigenvalue weighted by atomic mass is 19.4. The Balaban J connectivity index is 2.31. The third kappa shape index (κ3) is 3.89. The number of hydrogen-bond acceptors (Lipinski definition) is 5. The summed E-state index contributed by atoms with van der Waals surface area (Å²) < 4.78 is 38.7. The monoisotopic (exact) mass is 373 g/mol. The molecule has 1 fully saturated rings. The second-order valence-electron chi connectivity index (χ2n) is 6.13. The van der Waals surface area contributed by atoms with Crippen LogP contribution >= 0.6 is 0 Å². The van der Waals surface area contributed by atoms with Gasteiger partial charge in [0.25, 0.3) is 5.56 Å². The number of nitrogens with one attached hydrogen (secondary N) is 1. The molecule has 1 aromatic heterocycles. The number of halogens is 3. The smallest absolute Gasteiger partial charge is 0.356 e. The number of aromatic nitrogens is 2. The van der Waals surface area contributed by atoms with Gasteiger partial charge in [0.05, 0.1) is 5.92 Å². The van der Waals surface area contributed by atoms with Crippen LogP contribution in [0, 0.1) is 17.2 Å². The van der Waals surface area contributed by atoms with Crippen molar-refractivity contribution in [1.82, 2.24) is 14.5 Å². The largest absolute Gasteiger partial charge is 0.405 e. The van der Waals surface area contributed by atoms with Crippen molar-refractivity contribution < 1.29 is 18.0 Å². The lowest BCUT2D eigenvalue weighted by Gasteiger charge is -2.34. The van der Waals surface area contributed by atoms with Crippen molar-refractivity contribution in [1.29, 1.82) is 5.26 Å². The van der Waals surface area contributed by atoms with Crippen molar-refractivity contribution in [3.63, 3.8) is 0 Å². The minimum Gasteiger partial charge on any atom is -0.356 e. The number of anilines is 1. The lowest BCUT2D eigenvalue weighted by Crippen LogP contribution is -2.48. The number of nitrogens with zero attached hydrogens (tertiary/aromatic N) is 4. The predicted octanol–water partition coefficient (Wildman–Crippen LogP) is -0.149. The summed E-state index contributed by atoms with van der Waals surface area (Å²) in [5, 5.41) is 11.2. The summed E-state index contributed by atoms with van der Waals surface area (Å²) in [5.41, 5.74) is -1.63. The zero-order chi connectivity index (χ0) is 19.6. The van der Waals surface area contributed by atoms with E-state index in [9.17, 15) is 32.8 Å². The van der Waals surface area contributed by atoms with Gasteiger partial charge < -0.3 is 10.2 Å². The van der Waals surface area contributed by atoms with Crippen LogP contribution in [0.3, 0.4) is 0 Å². The Hall–Kier alpha value is -2.77. The maximum Gasteiger partial charge on any atom is 0.405 e. The lowest BCUT2D eigenvalue weighted by atomic mass is 9.96. The van der Waals surface area contributed by atoms with Crippen molar-refractivity contribution in [2.24, 2.45) is 20.0 Å². The number of carbonyl (C=O) groups is 1. The van der Waals surface area contributed by atoms with E-state index < -0.39 is 35.8 Å². The molecule has 0 spiro atoms. The van der Waals surface area contributed by atoms with Crippen LogP contribution in [0.15, 0.2) is 9.59 Å². The Labute approximate surface area is 146 Å². The van der Waals surface area contributed by atoms with E-state index in [2.05, 4.69) is 0 Å². The fourth-order valence-corrected chi connectivity index (χ4v) is 3.02. The third-order valence-corrected chi connectivity index (χ3v) is 4.30. The highest BCUT2D eigenvalue weighted by molar-refractivity contribution is 5.79. The van der Waals surface area contributed by atoms with E-state index in [-0.39, 0.29) is 17.9 Å². The van der Waals surface area contributed by atoms with Crippen molar-refractivity contribution in [2.75, 3.05) is 24.5 Å². The molecule has 1 atom stereocenters. The second kappa shape index (κ2) is 7.23. The number of alkyl halides is 3. The van der Waals surface area contributed by atoms with Gasteiger partial charge in [-0.25, -0.2) is 4.79 Å². The van der Waals surface area contributed by atoms with E-state index in [4.69, 9.17) is 0 Å². The van der Waals surface area contributed by atoms with Gasteiger partial charge in [-0.2, -0.15) is 18.4 Å². The summed E-state index contributed by atoms with van der Waals surface area (Å²) in [4.78, 5) is 37.8. The van der Waals surface area contributed by atoms with Crippen LogP contribution in [0.5, 0.6) is 0 Å². The van der Waals surface area contributed by atoms with Gasteiger partial charge in [0.2, 0.25) is 5.91 Å². The Kier molecular flexibility index (Phi) is 5.44. The molecule has 11 heteroatoms. The van der Waals surface area contributed by atoms with Crippen LogP contribution in [0.4, 0.5) is 19.0 Å². The quantitative estimate of drug-likeness (QED) is 0.794. The summed E-state index contributed by atoms with van der Waals surface area (Å²) in [7, 11) is 2.64. The van der Waals surface area contributed by atoms with Gasteiger partial charge >= 0.3 is 11.9 Å². The molecular weight excluding hydrogens is 355 g/mol. The van der Waals surface area contributed by atoms with Crippen LogP contribution < -0.4 is 21.5 Å². The molecule has 1 amide bonds. The molecule has 26 heavy (non-hydrogen) atoms. The van der Waals surface area contributed by atoms with Crippen molar-refractivity contribution in [3.05, 3.63) is 26.4 Å². The standard InChI is InChI=1S/C15H18F3N5O3/c1-21-12(10(6-19)13(25)22(2)14(21)26)23-5-3-4-9(7-23)11(24)20-8-15(16,17)18/h9H,3-5,7-8H2,1-2H3,(H,20,24). The first-order valence-corrected chi connectivity index (χ1v) is 7.86. The molecule has 1 aliphatic heterocycles. The topological polar surface area (TPSA) is 100 Å². The molecule has 0 saturated carbocycles. The van der Waals surface area contributed by atoms with E-state index in [1.54, 1.807) is 6.07 Å². The first-order valence-electron chi connectivity index (χ1n) is 7.86. The number of nitriles is 1. The average Bonchev–Trinajstić information content (AvgIpc) is 2.60. The second-order valence-corrected chi connectivity index (χ2v) is 6.13. The molecule has 8 nitrogen and oxygen atoms in total. The van der Waals surface area contributed by atoms with Gasteiger partial charge in [0.15, 0.2) is 5.56 Å². The molecule has 1 aromatic rings. The van der Waals surface area contributed by atoms with E-state index in [1.807, 2.05) is 5.32 Å². The van der Waals surface area contributed by atoms with E-state index in [0.29, 0.717) is 19.4 Å². The molecule has 1 unspecified atom stereocenters. The fraction of sp³-hybridized carbons (Fsp3) is 0.600. The third-order valence-electron chi connectivity index (χ3n) is 4.30. The summed E-state index contributed by atoms with van der Waals surface area (Å²) in [6, 6.07) is 1.78. The molecule has 0 aromatic carbocycles. The van der Waals surface area contributed by atoms with Crippen LogP contribution in [-0.2, 0) is 18.9 Å². The maximum absolute atomic E-state index is 12.3. The van der Waals surface area contributed by atoms with Gasteiger partial charge in [0.1, 0.15) is 18.4 Å². The number of rotatable bonds is 3. The van der Waals surface area contributed by atoms with Gasteiger partial charge in [0, 0.05) is 27.2 Å². The molecule has 1 N–H and O–H groups in total. The molecule has 0 aliphatic carbocycles. The molecule has 2 rings (SSSR count). The summed E-state index contributed by atoms with van der Waals surface area (Å²) >= 11 is 0. The van der Waals surface area contributed by atoms with Gasteiger partial charge in [-0.1, -0.05) is 0 Å². The average molecular weight is 373 g/mol. The number of piperidine rings is 1. The number of carbonyl (C=O) groups excluding carboxylic acids is 1. The fourth-order valence-electron chi connectivity index (χ4n) is 3.02. The molecular formula is C15H18F3N5O3. The lowest BCUT2D eigenvalue weighted by molar-refractivity contribution is -0.140. The Bertz CT molecular complexity index is 865. The van der Waals surface area contributed by atoms with Crippen molar-refractivity contribution >= 4 is 11.7 Å². The molecule has 142 valence electrons. The maximum atomic E-state index is 12.3. The Morgan fingerprint density at radius 1 is 1.31 bits per heavy atom. The molecule has 0 radical (unpaired) electrons.